The predicted octanol–water partition coefficient (Wildman–Crippen LogP) is 1.57. The second kappa shape index (κ2) is 23.9. The van der Waals surface area contributed by atoms with Crippen molar-refractivity contribution in [3.8, 4) is 0 Å². The summed E-state index contributed by atoms with van der Waals surface area (Å²) in [5, 5.41) is 44.1. The molecule has 0 aliphatic heterocycles. The first-order chi connectivity index (χ1) is 20.6. The molecule has 44 heavy (non-hydrogen) atoms. The minimum atomic E-state index is -1.50. The summed E-state index contributed by atoms with van der Waals surface area (Å²) in [6.45, 7) is 15.8. The molecule has 0 aromatic heterocycles. The predicted molar refractivity (Wildman–Crippen MR) is 170 cm³/mol. The summed E-state index contributed by atoms with van der Waals surface area (Å²) in [6, 6.07) is 0. The number of ether oxygens (including phenoxy) is 6. The molecule has 6 N–H and O–H groups in total. The van der Waals surface area contributed by atoms with Crippen LogP contribution in [0.3, 0.4) is 0 Å². The van der Waals surface area contributed by atoms with E-state index in [0.29, 0.717) is 39.2 Å². The number of aliphatic hydroxyl groups excluding tert-OH is 3. The zero-order valence-corrected chi connectivity index (χ0v) is 29.3. The maximum Gasteiger partial charge on any atom is 0.175 e. The summed E-state index contributed by atoms with van der Waals surface area (Å²) in [5.41, 5.74) is -0.523. The van der Waals surface area contributed by atoms with E-state index in [9.17, 15) is 14.4 Å². The van der Waals surface area contributed by atoms with Crippen molar-refractivity contribution in [3.63, 3.8) is 0 Å². The van der Waals surface area contributed by atoms with Crippen LogP contribution in [0.15, 0.2) is 0 Å². The molecule has 0 aliphatic rings. The first-order valence-corrected chi connectivity index (χ1v) is 17.0. The van der Waals surface area contributed by atoms with Crippen molar-refractivity contribution in [3.05, 3.63) is 0 Å². The molecule has 0 saturated heterocycles. The van der Waals surface area contributed by atoms with E-state index in [1.807, 2.05) is 48.5 Å². The topological polar surface area (TPSA) is 177 Å². The van der Waals surface area contributed by atoms with Crippen molar-refractivity contribution in [2.24, 2.45) is 0 Å². The number of aliphatic hydroxyl groups is 4. The van der Waals surface area contributed by atoms with Gasteiger partial charge in [0.2, 0.25) is 0 Å². The first-order valence-electron chi connectivity index (χ1n) is 15.8. The molecule has 0 aliphatic carbocycles. The van der Waals surface area contributed by atoms with E-state index in [1.54, 1.807) is 7.11 Å². The van der Waals surface area contributed by atoms with Gasteiger partial charge in [0.25, 0.3) is 0 Å². The molecule has 0 saturated carbocycles. The third-order valence-corrected chi connectivity index (χ3v) is 9.76. The van der Waals surface area contributed by atoms with Crippen LogP contribution < -0.4 is 10.6 Å². The Labute approximate surface area is 268 Å². The molecule has 0 aromatic carbocycles. The van der Waals surface area contributed by atoms with Crippen LogP contribution in [0.5, 0.6) is 0 Å². The Morgan fingerprint density at radius 2 is 1.34 bits per heavy atom. The molecule has 0 spiro atoms. The van der Waals surface area contributed by atoms with Gasteiger partial charge in [-0.3, -0.25) is 14.8 Å². The minimum Gasteiger partial charge on any atom is -0.379 e. The van der Waals surface area contributed by atoms with E-state index in [-0.39, 0.29) is 37.8 Å². The zero-order valence-electron chi connectivity index (χ0n) is 28.5. The smallest absolute Gasteiger partial charge is 0.175 e. The average molecular weight is 661 g/mol. The third-order valence-electron chi connectivity index (χ3n) is 7.32. The van der Waals surface area contributed by atoms with Gasteiger partial charge >= 0.3 is 0 Å². The maximum atomic E-state index is 13.5. The number of rotatable bonds is 30. The highest BCUT2D eigenvalue weighted by Crippen LogP contribution is 2.26. The highest BCUT2D eigenvalue weighted by atomic mass is 32.2. The fourth-order valence-electron chi connectivity index (χ4n) is 3.83. The molecule has 266 valence electrons. The highest BCUT2D eigenvalue weighted by Gasteiger charge is 2.34. The third kappa shape index (κ3) is 21.5. The largest absolute Gasteiger partial charge is 0.379 e. The van der Waals surface area contributed by atoms with E-state index in [0.717, 1.165) is 25.7 Å². The molecule has 13 nitrogen and oxygen atoms in total. The fourth-order valence-corrected chi connectivity index (χ4v) is 5.75. The van der Waals surface area contributed by atoms with Gasteiger partial charge in [-0.2, -0.15) is 0 Å². The molecule has 0 aromatic rings. The van der Waals surface area contributed by atoms with Gasteiger partial charge < -0.3 is 48.8 Å². The Bertz CT molecular complexity index is 727. The number of hydrogen-bond acceptors (Lipinski definition) is 13. The monoisotopic (exact) mass is 660 g/mol. The second-order valence-electron chi connectivity index (χ2n) is 12.1. The van der Waals surface area contributed by atoms with Gasteiger partial charge in [-0.1, -0.05) is 13.8 Å². The molecule has 0 bridgehead atoms. The van der Waals surface area contributed by atoms with Crippen LogP contribution in [0.1, 0.15) is 87.0 Å². The van der Waals surface area contributed by atoms with Gasteiger partial charge in [0, 0.05) is 29.1 Å². The molecule has 4 atom stereocenters. The lowest BCUT2D eigenvalue weighted by Gasteiger charge is -2.32. The van der Waals surface area contributed by atoms with Crippen LogP contribution in [0, 0.1) is 0 Å². The fraction of sp³-hybridized carbons (Fsp3) is 1.00. The van der Waals surface area contributed by atoms with Crippen molar-refractivity contribution in [1.82, 2.24) is 10.6 Å². The summed E-state index contributed by atoms with van der Waals surface area (Å²) in [6.07, 6.45) is 0.831. The van der Waals surface area contributed by atoms with E-state index in [1.165, 1.54) is 0 Å². The van der Waals surface area contributed by atoms with Gasteiger partial charge in [0.15, 0.2) is 12.1 Å². The number of hydrogen-bond donors (Lipinski definition) is 6. The van der Waals surface area contributed by atoms with Gasteiger partial charge in [0.1, 0.15) is 12.5 Å². The van der Waals surface area contributed by atoms with Crippen molar-refractivity contribution in [2.45, 2.75) is 127 Å². The van der Waals surface area contributed by atoms with Crippen LogP contribution >= 0.6 is 0 Å². The summed E-state index contributed by atoms with van der Waals surface area (Å²) >= 11 is 0. The average Bonchev–Trinajstić information content (AvgIpc) is 2.97. The lowest BCUT2D eigenvalue weighted by Crippen LogP contribution is -2.48. The summed E-state index contributed by atoms with van der Waals surface area (Å²) in [4.78, 5) is 0. The van der Waals surface area contributed by atoms with Crippen LogP contribution in [-0.4, -0.2) is 131 Å². The van der Waals surface area contributed by atoms with Gasteiger partial charge in [-0.15, -0.1) is 0 Å². The van der Waals surface area contributed by atoms with E-state index in [4.69, 9.17) is 38.6 Å². The summed E-state index contributed by atoms with van der Waals surface area (Å²) < 4.78 is 45.9. The van der Waals surface area contributed by atoms with Crippen molar-refractivity contribution in [2.75, 3.05) is 66.5 Å². The van der Waals surface area contributed by atoms with Gasteiger partial charge in [0.05, 0.1) is 63.8 Å². The second-order valence-corrected chi connectivity index (χ2v) is 14.3. The number of unbranched alkanes of at least 4 members (excludes halogenated alkanes) is 1. The molecule has 4 unspecified atom stereocenters. The van der Waals surface area contributed by atoms with E-state index in [2.05, 4.69) is 10.6 Å². The highest BCUT2D eigenvalue weighted by molar-refractivity contribution is 7.87. The molecule has 0 fully saturated rings. The molecule has 14 heteroatoms. The van der Waals surface area contributed by atoms with Crippen molar-refractivity contribution < 1.29 is 53.1 Å². The van der Waals surface area contributed by atoms with Gasteiger partial charge in [-0.25, -0.2) is 0 Å². The molecule has 0 amide bonds. The maximum absolute atomic E-state index is 13.5. The van der Waals surface area contributed by atoms with E-state index >= 15 is 0 Å². The standard InChI is InChI=1S/C30H64N2O11S/c1-9-30(7,10-2)44(37)26(32-25(34)21-40-19-17-39-18-20-41-22-27(35)36)13-11-12-15-31-24(33)14-16-42-28(3,4)23-43-29(5,6)38-8/h24-27,31-36H,9-23H2,1-8H3. The quantitative estimate of drug-likeness (QED) is 0.0484. The molecular weight excluding hydrogens is 596 g/mol. The molecule has 0 radical (unpaired) electrons. The SMILES string of the molecule is CCC(C)(CC)S(=O)C(CCCCNC(O)CCOC(C)(C)COC(C)(C)OC)NC(O)COCCOCCOCC(O)O. The van der Waals surface area contributed by atoms with Crippen LogP contribution in [0.25, 0.3) is 0 Å². The lowest BCUT2D eigenvalue weighted by atomic mass is 10.1. The van der Waals surface area contributed by atoms with Gasteiger partial charge in [-0.05, 0) is 73.3 Å². The van der Waals surface area contributed by atoms with Crippen LogP contribution in [0.4, 0.5) is 0 Å². The first kappa shape index (κ1) is 43.7. The molecule has 0 heterocycles. The Kier molecular flexibility index (Phi) is 23.7. The minimum absolute atomic E-state index is 0.0160. The number of nitrogens with one attached hydrogen (secondary N) is 2. The lowest BCUT2D eigenvalue weighted by molar-refractivity contribution is -0.225. The van der Waals surface area contributed by atoms with Crippen LogP contribution in [0.2, 0.25) is 0 Å². The molecule has 0 rings (SSSR count). The summed E-state index contributed by atoms with van der Waals surface area (Å²) in [5.74, 6) is -0.693. The Morgan fingerprint density at radius 3 is 1.91 bits per heavy atom. The Balaban J connectivity index is 4.49. The normalized spacial score (nSPS) is 15.9. The van der Waals surface area contributed by atoms with Crippen molar-refractivity contribution >= 4 is 10.8 Å². The van der Waals surface area contributed by atoms with Crippen LogP contribution in [-0.2, 0) is 39.2 Å². The number of methoxy groups -OCH3 is 1. The zero-order chi connectivity index (χ0) is 33.7. The summed E-state index contributed by atoms with van der Waals surface area (Å²) in [7, 11) is 0.352. The Hall–Kier alpha value is -0.330. The Morgan fingerprint density at radius 1 is 0.750 bits per heavy atom. The van der Waals surface area contributed by atoms with E-state index < -0.39 is 46.3 Å². The molecular formula is C30H64N2O11S. The van der Waals surface area contributed by atoms with Crippen molar-refractivity contribution in [1.29, 1.82) is 0 Å².